The highest BCUT2D eigenvalue weighted by Crippen LogP contribution is 2.00. The number of hydrogen-bond acceptors (Lipinski definition) is 6. The molecule has 0 unspecified atom stereocenters. The summed E-state index contributed by atoms with van der Waals surface area (Å²) in [5.74, 6) is -1.47. The molecule has 1 amide bonds. The van der Waals surface area contributed by atoms with Crippen LogP contribution in [0.25, 0.3) is 0 Å². The normalized spacial score (nSPS) is 11.7. The van der Waals surface area contributed by atoms with Crippen LogP contribution in [0.15, 0.2) is 18.5 Å². The van der Waals surface area contributed by atoms with Gasteiger partial charge in [-0.2, -0.15) is 0 Å². The highest BCUT2D eigenvalue weighted by molar-refractivity contribution is 5.86. The fraction of sp³-hybridized carbons (Fsp3) is 0.400. The number of likely N-dealkylation sites (N-methyl/N-ethyl adjacent to an activating group) is 1. The predicted molar refractivity (Wildman–Crippen MR) is 62.0 cm³/mol. The summed E-state index contributed by atoms with van der Waals surface area (Å²) in [4.78, 5) is 31.5. The zero-order valence-electron chi connectivity index (χ0n) is 9.78. The minimum atomic E-state index is -1.30. The molecule has 0 fully saturated rings. The first-order valence-corrected chi connectivity index (χ1v) is 5.15. The largest absolute Gasteiger partial charge is 0.480 e. The van der Waals surface area contributed by atoms with Crippen molar-refractivity contribution in [2.75, 3.05) is 25.1 Å². The molecule has 0 spiro atoms. The molecule has 0 radical (unpaired) electrons. The van der Waals surface area contributed by atoms with Crippen molar-refractivity contribution in [3.63, 3.8) is 0 Å². The molecule has 1 rings (SSSR count). The minimum Gasteiger partial charge on any atom is -0.480 e. The molecule has 1 aromatic heterocycles. The van der Waals surface area contributed by atoms with Crippen LogP contribution in [0.5, 0.6) is 0 Å². The number of hydrogen-bond donors (Lipinski definition) is 3. The first kappa shape index (κ1) is 13.8. The van der Waals surface area contributed by atoms with E-state index in [9.17, 15) is 9.59 Å². The van der Waals surface area contributed by atoms with Crippen LogP contribution in [0.1, 0.15) is 0 Å². The average Bonchev–Trinajstić information content (AvgIpc) is 2.36. The van der Waals surface area contributed by atoms with Crippen LogP contribution < -0.4 is 10.2 Å². The molecule has 0 saturated heterocycles. The summed E-state index contributed by atoms with van der Waals surface area (Å²) in [6.07, 6.45) is 3.06. The molecule has 0 aliphatic carbocycles. The molecule has 8 heteroatoms. The molecule has 0 aromatic carbocycles. The van der Waals surface area contributed by atoms with Gasteiger partial charge in [-0.15, -0.1) is 0 Å². The molecule has 0 saturated carbocycles. The van der Waals surface area contributed by atoms with Crippen molar-refractivity contribution in [1.29, 1.82) is 0 Å². The summed E-state index contributed by atoms with van der Waals surface area (Å²) in [6.45, 7) is -0.763. The number of amides is 1. The summed E-state index contributed by atoms with van der Waals surface area (Å²) >= 11 is 0. The van der Waals surface area contributed by atoms with E-state index in [1.165, 1.54) is 17.3 Å². The second kappa shape index (κ2) is 6.50. The number of anilines is 1. The number of aliphatic carboxylic acids is 1. The zero-order chi connectivity index (χ0) is 13.5. The second-order valence-electron chi connectivity index (χ2n) is 3.55. The van der Waals surface area contributed by atoms with Gasteiger partial charge in [0.05, 0.1) is 13.2 Å². The van der Waals surface area contributed by atoms with Crippen LogP contribution in [-0.4, -0.2) is 58.3 Å². The lowest BCUT2D eigenvalue weighted by Crippen LogP contribution is -2.47. The number of aromatic nitrogens is 2. The maximum absolute atomic E-state index is 11.5. The van der Waals surface area contributed by atoms with Gasteiger partial charge in [0.1, 0.15) is 6.04 Å². The maximum Gasteiger partial charge on any atom is 0.328 e. The molecule has 1 aromatic rings. The first-order valence-electron chi connectivity index (χ1n) is 5.15. The van der Waals surface area contributed by atoms with Crippen LogP contribution in [0.3, 0.4) is 0 Å². The Balaban J connectivity index is 2.52. The Hall–Kier alpha value is -2.22. The summed E-state index contributed by atoms with van der Waals surface area (Å²) in [5.41, 5.74) is 0. The molecule has 18 heavy (non-hydrogen) atoms. The smallest absolute Gasteiger partial charge is 0.328 e. The zero-order valence-corrected chi connectivity index (χ0v) is 9.78. The Bertz CT molecular complexity index is 412. The number of carbonyl (C=O) groups excluding carboxylic acids is 1. The third kappa shape index (κ3) is 3.98. The van der Waals surface area contributed by atoms with Crippen molar-refractivity contribution >= 4 is 17.8 Å². The lowest BCUT2D eigenvalue weighted by atomic mass is 10.3. The first-order chi connectivity index (χ1) is 8.54. The van der Waals surface area contributed by atoms with Gasteiger partial charge in [0.25, 0.3) is 0 Å². The number of carbonyl (C=O) groups is 2. The van der Waals surface area contributed by atoms with Gasteiger partial charge >= 0.3 is 5.97 Å². The van der Waals surface area contributed by atoms with Crippen molar-refractivity contribution < 1.29 is 19.8 Å². The van der Waals surface area contributed by atoms with E-state index >= 15 is 0 Å². The average molecular weight is 254 g/mol. The summed E-state index contributed by atoms with van der Waals surface area (Å²) < 4.78 is 0. The fourth-order valence-electron chi connectivity index (χ4n) is 1.20. The van der Waals surface area contributed by atoms with E-state index in [0.717, 1.165) is 0 Å². The van der Waals surface area contributed by atoms with Gasteiger partial charge in [0, 0.05) is 19.4 Å². The Labute approximate surface area is 103 Å². The maximum atomic E-state index is 11.5. The molecule has 8 nitrogen and oxygen atoms in total. The van der Waals surface area contributed by atoms with Crippen molar-refractivity contribution in [3.05, 3.63) is 18.5 Å². The van der Waals surface area contributed by atoms with E-state index in [0.29, 0.717) is 5.95 Å². The van der Waals surface area contributed by atoms with E-state index in [-0.39, 0.29) is 6.54 Å². The number of nitrogens with zero attached hydrogens (tertiary/aromatic N) is 3. The quantitative estimate of drug-likeness (QED) is 0.564. The van der Waals surface area contributed by atoms with Crippen molar-refractivity contribution in [3.8, 4) is 0 Å². The van der Waals surface area contributed by atoms with Crippen LogP contribution in [0.4, 0.5) is 5.95 Å². The summed E-state index contributed by atoms with van der Waals surface area (Å²) in [6, 6.07) is 0.339. The van der Waals surface area contributed by atoms with Gasteiger partial charge in [-0.1, -0.05) is 0 Å². The highest BCUT2D eigenvalue weighted by atomic mass is 16.4. The monoisotopic (exact) mass is 254 g/mol. The molecular formula is C10H14N4O4. The molecular weight excluding hydrogens is 240 g/mol. The summed E-state index contributed by atoms with van der Waals surface area (Å²) in [7, 11) is 1.60. The SMILES string of the molecule is CN(CC(=O)N[C@@H](CO)C(=O)O)c1ncccn1. The number of carboxylic acids is 1. The number of carboxylic acid groups (broad SMARTS) is 1. The standard InChI is InChI=1S/C10H14N4O4/c1-14(10-11-3-2-4-12-10)5-8(16)13-7(6-15)9(17)18/h2-4,7,15H,5-6H2,1H3,(H,13,16)(H,17,18)/t7-/m0/s1. The van der Waals surface area contributed by atoms with Crippen LogP contribution in [0, 0.1) is 0 Å². The van der Waals surface area contributed by atoms with E-state index in [4.69, 9.17) is 10.2 Å². The molecule has 0 aliphatic rings. The van der Waals surface area contributed by atoms with Gasteiger partial charge < -0.3 is 20.4 Å². The second-order valence-corrected chi connectivity index (χ2v) is 3.55. The Morgan fingerprint density at radius 2 is 2.06 bits per heavy atom. The Kier molecular flexibility index (Phi) is 5.00. The number of nitrogens with one attached hydrogen (secondary N) is 1. The fourth-order valence-corrected chi connectivity index (χ4v) is 1.20. The number of rotatable bonds is 6. The van der Waals surface area contributed by atoms with Gasteiger partial charge in [0.15, 0.2) is 0 Å². The van der Waals surface area contributed by atoms with E-state index in [2.05, 4.69) is 15.3 Å². The van der Waals surface area contributed by atoms with Crippen molar-refractivity contribution in [2.24, 2.45) is 0 Å². The van der Waals surface area contributed by atoms with Gasteiger partial charge in [-0.25, -0.2) is 14.8 Å². The number of aliphatic hydroxyl groups is 1. The molecule has 0 bridgehead atoms. The van der Waals surface area contributed by atoms with E-state index < -0.39 is 24.5 Å². The lowest BCUT2D eigenvalue weighted by molar-refractivity contribution is -0.142. The minimum absolute atomic E-state index is 0.103. The molecule has 0 aliphatic heterocycles. The van der Waals surface area contributed by atoms with E-state index in [1.807, 2.05) is 0 Å². The van der Waals surface area contributed by atoms with Crippen molar-refractivity contribution in [2.45, 2.75) is 6.04 Å². The van der Waals surface area contributed by atoms with Gasteiger partial charge in [-0.3, -0.25) is 4.79 Å². The third-order valence-electron chi connectivity index (χ3n) is 2.09. The molecule has 1 atom stereocenters. The van der Waals surface area contributed by atoms with Crippen LogP contribution >= 0.6 is 0 Å². The molecule has 3 N–H and O–H groups in total. The van der Waals surface area contributed by atoms with Gasteiger partial charge in [0.2, 0.25) is 11.9 Å². The Morgan fingerprint density at radius 3 is 2.56 bits per heavy atom. The highest BCUT2D eigenvalue weighted by Gasteiger charge is 2.19. The molecule has 1 heterocycles. The molecule has 98 valence electrons. The van der Waals surface area contributed by atoms with Crippen molar-refractivity contribution in [1.82, 2.24) is 15.3 Å². The van der Waals surface area contributed by atoms with Crippen LogP contribution in [0.2, 0.25) is 0 Å². The third-order valence-corrected chi connectivity index (χ3v) is 2.09. The Morgan fingerprint density at radius 1 is 1.44 bits per heavy atom. The lowest BCUT2D eigenvalue weighted by Gasteiger charge is -2.17. The van der Waals surface area contributed by atoms with Crippen LogP contribution in [-0.2, 0) is 9.59 Å². The topological polar surface area (TPSA) is 116 Å². The van der Waals surface area contributed by atoms with E-state index in [1.54, 1.807) is 13.1 Å². The number of aliphatic hydroxyl groups excluding tert-OH is 1. The predicted octanol–water partition coefficient (Wildman–Crippen LogP) is -1.53. The summed E-state index contributed by atoms with van der Waals surface area (Å²) in [5, 5.41) is 19.6. The van der Waals surface area contributed by atoms with Gasteiger partial charge in [-0.05, 0) is 6.07 Å².